The molecule has 1 saturated carbocycles. The molecule has 3 N–H and O–H groups in total. The van der Waals surface area contributed by atoms with Gasteiger partial charge in [-0.1, -0.05) is 30.3 Å². The number of hydrogen-bond donors (Lipinski definition) is 3. The number of carbonyl (C=O) groups is 2. The monoisotopic (exact) mass is 463 g/mol. The van der Waals surface area contributed by atoms with Crippen molar-refractivity contribution in [3.63, 3.8) is 0 Å². The molecule has 0 saturated heterocycles. The second-order valence-electron chi connectivity index (χ2n) is 8.20. The summed E-state index contributed by atoms with van der Waals surface area (Å²) in [6, 6.07) is 18.4. The maximum Gasteiger partial charge on any atom is 0.261 e. The van der Waals surface area contributed by atoms with Gasteiger partial charge in [-0.3, -0.25) is 14.3 Å². The molecule has 1 aliphatic rings. The van der Waals surface area contributed by atoms with Crippen LogP contribution >= 0.6 is 0 Å². The van der Waals surface area contributed by atoms with Crippen LogP contribution in [0.15, 0.2) is 71.6 Å². The van der Waals surface area contributed by atoms with Crippen LogP contribution in [-0.2, 0) is 14.8 Å². The second-order valence-corrected chi connectivity index (χ2v) is 9.88. The highest BCUT2D eigenvalue weighted by molar-refractivity contribution is 7.92. The minimum Gasteiger partial charge on any atom is -0.326 e. The summed E-state index contributed by atoms with van der Waals surface area (Å²) in [5.41, 5.74) is 3.25. The summed E-state index contributed by atoms with van der Waals surface area (Å²) < 4.78 is 28.4. The van der Waals surface area contributed by atoms with Gasteiger partial charge in [-0.2, -0.15) is 0 Å². The largest absolute Gasteiger partial charge is 0.326 e. The highest BCUT2D eigenvalue weighted by Crippen LogP contribution is 2.30. The van der Waals surface area contributed by atoms with Crippen molar-refractivity contribution in [2.24, 2.45) is 5.92 Å². The van der Waals surface area contributed by atoms with Gasteiger partial charge in [-0.05, 0) is 74.2 Å². The molecule has 0 bridgehead atoms. The fourth-order valence-electron chi connectivity index (χ4n) is 3.37. The fraction of sp³-hybridized carbons (Fsp3) is 0.200. The Hall–Kier alpha value is -3.65. The molecule has 170 valence electrons. The molecule has 1 fully saturated rings. The lowest BCUT2D eigenvalue weighted by molar-refractivity contribution is -0.117. The first kappa shape index (κ1) is 22.5. The number of para-hydroxylation sites is 1. The SMILES string of the molecule is Cc1ccccc1NS(=O)(=O)c1ccc(C)c(C(=O)Nc2cccc(NC(=O)C3CC3)c2)c1. The van der Waals surface area contributed by atoms with Gasteiger partial charge in [0.1, 0.15) is 0 Å². The molecule has 2 amide bonds. The Morgan fingerprint density at radius 1 is 0.818 bits per heavy atom. The molecule has 0 aromatic heterocycles. The predicted octanol–water partition coefficient (Wildman–Crippen LogP) is 4.71. The van der Waals surface area contributed by atoms with Crippen LogP contribution in [0.25, 0.3) is 0 Å². The molecule has 0 aliphatic heterocycles. The number of carbonyl (C=O) groups excluding carboxylic acids is 2. The Morgan fingerprint density at radius 3 is 2.21 bits per heavy atom. The molecule has 8 heteroatoms. The summed E-state index contributed by atoms with van der Waals surface area (Å²) in [6.45, 7) is 3.55. The van der Waals surface area contributed by atoms with E-state index < -0.39 is 15.9 Å². The second kappa shape index (κ2) is 9.07. The lowest BCUT2D eigenvalue weighted by Crippen LogP contribution is -2.17. The van der Waals surface area contributed by atoms with E-state index in [-0.39, 0.29) is 22.3 Å². The van der Waals surface area contributed by atoms with Crippen molar-refractivity contribution >= 4 is 38.9 Å². The zero-order valence-corrected chi connectivity index (χ0v) is 19.2. The third-order valence-corrected chi connectivity index (χ3v) is 6.85. The van der Waals surface area contributed by atoms with Gasteiger partial charge in [-0.15, -0.1) is 0 Å². The average Bonchev–Trinajstić information content (AvgIpc) is 3.61. The third-order valence-electron chi connectivity index (χ3n) is 5.49. The Morgan fingerprint density at radius 2 is 1.52 bits per heavy atom. The molecule has 0 unspecified atom stereocenters. The summed E-state index contributed by atoms with van der Waals surface area (Å²) in [5, 5.41) is 5.64. The van der Waals surface area contributed by atoms with Crippen molar-refractivity contribution in [2.75, 3.05) is 15.4 Å². The maximum absolute atomic E-state index is 13.0. The number of hydrogen-bond acceptors (Lipinski definition) is 4. The van der Waals surface area contributed by atoms with E-state index in [2.05, 4.69) is 15.4 Å². The number of rotatable bonds is 7. The van der Waals surface area contributed by atoms with E-state index in [0.29, 0.717) is 22.6 Å². The molecule has 0 heterocycles. The minimum atomic E-state index is -3.88. The lowest BCUT2D eigenvalue weighted by Gasteiger charge is -2.13. The van der Waals surface area contributed by atoms with E-state index >= 15 is 0 Å². The first-order valence-corrected chi connectivity index (χ1v) is 12.1. The number of amides is 2. The summed E-state index contributed by atoms with van der Waals surface area (Å²) in [6.07, 6.45) is 1.80. The van der Waals surface area contributed by atoms with Gasteiger partial charge < -0.3 is 10.6 Å². The topological polar surface area (TPSA) is 104 Å². The van der Waals surface area contributed by atoms with Crippen LogP contribution in [0.1, 0.15) is 34.3 Å². The zero-order chi connectivity index (χ0) is 23.6. The van der Waals surface area contributed by atoms with Gasteiger partial charge in [0.25, 0.3) is 15.9 Å². The van der Waals surface area contributed by atoms with Crippen LogP contribution in [0.2, 0.25) is 0 Å². The van der Waals surface area contributed by atoms with E-state index in [1.165, 1.54) is 12.1 Å². The fourth-order valence-corrected chi connectivity index (χ4v) is 4.52. The Kier molecular flexibility index (Phi) is 6.20. The van der Waals surface area contributed by atoms with Crippen LogP contribution < -0.4 is 15.4 Å². The van der Waals surface area contributed by atoms with Gasteiger partial charge in [0.2, 0.25) is 5.91 Å². The van der Waals surface area contributed by atoms with Crippen LogP contribution in [0, 0.1) is 19.8 Å². The minimum absolute atomic E-state index is 0.00745. The van der Waals surface area contributed by atoms with Crippen LogP contribution in [-0.4, -0.2) is 20.2 Å². The van der Waals surface area contributed by atoms with E-state index in [1.54, 1.807) is 49.4 Å². The molecule has 0 atom stereocenters. The number of nitrogens with one attached hydrogen (secondary N) is 3. The smallest absolute Gasteiger partial charge is 0.261 e. The standard InChI is InChI=1S/C25H25N3O4S/c1-16-10-13-21(33(31,32)28-23-9-4-3-6-17(23)2)15-22(16)25(30)27-20-8-5-7-19(14-20)26-24(29)18-11-12-18/h3-10,13-15,18,28H,11-12H2,1-2H3,(H,26,29)(H,27,30). The first-order chi connectivity index (χ1) is 15.7. The van der Waals surface area contributed by atoms with Crippen molar-refractivity contribution in [3.05, 3.63) is 83.4 Å². The first-order valence-electron chi connectivity index (χ1n) is 10.6. The maximum atomic E-state index is 13.0. The van der Waals surface area contributed by atoms with E-state index in [0.717, 1.165) is 18.4 Å². The van der Waals surface area contributed by atoms with Gasteiger partial charge >= 0.3 is 0 Å². The molecule has 3 aromatic carbocycles. The molecule has 3 aromatic rings. The lowest BCUT2D eigenvalue weighted by atomic mass is 10.1. The van der Waals surface area contributed by atoms with Gasteiger partial charge in [-0.25, -0.2) is 8.42 Å². The van der Waals surface area contributed by atoms with Crippen molar-refractivity contribution in [1.82, 2.24) is 0 Å². The van der Waals surface area contributed by atoms with Crippen molar-refractivity contribution in [1.29, 1.82) is 0 Å². The number of benzene rings is 3. The third kappa shape index (κ3) is 5.40. The highest BCUT2D eigenvalue weighted by Gasteiger charge is 2.29. The number of sulfonamides is 1. The van der Waals surface area contributed by atoms with E-state index in [9.17, 15) is 18.0 Å². The molecule has 7 nitrogen and oxygen atoms in total. The summed E-state index contributed by atoms with van der Waals surface area (Å²) in [4.78, 5) is 25.0. The molecule has 33 heavy (non-hydrogen) atoms. The zero-order valence-electron chi connectivity index (χ0n) is 18.4. The van der Waals surface area contributed by atoms with Crippen LogP contribution in [0.4, 0.5) is 17.1 Å². The van der Waals surface area contributed by atoms with Gasteiger partial charge in [0.15, 0.2) is 0 Å². The quantitative estimate of drug-likeness (QED) is 0.472. The van der Waals surface area contributed by atoms with Crippen molar-refractivity contribution < 1.29 is 18.0 Å². The number of anilines is 3. The molecule has 0 spiro atoms. The Labute approximate surface area is 193 Å². The van der Waals surface area contributed by atoms with E-state index in [1.807, 2.05) is 19.1 Å². The summed E-state index contributed by atoms with van der Waals surface area (Å²) in [7, 11) is -3.88. The molecular weight excluding hydrogens is 438 g/mol. The van der Waals surface area contributed by atoms with Crippen LogP contribution in [0.3, 0.4) is 0 Å². The van der Waals surface area contributed by atoms with Gasteiger partial charge in [0, 0.05) is 22.9 Å². The summed E-state index contributed by atoms with van der Waals surface area (Å²) in [5.74, 6) is -0.386. The average molecular weight is 464 g/mol. The van der Waals surface area contributed by atoms with Crippen LogP contribution in [0.5, 0.6) is 0 Å². The summed E-state index contributed by atoms with van der Waals surface area (Å²) >= 11 is 0. The molecule has 1 aliphatic carbocycles. The van der Waals surface area contributed by atoms with Crippen molar-refractivity contribution in [3.8, 4) is 0 Å². The Balaban J connectivity index is 1.53. The highest BCUT2D eigenvalue weighted by atomic mass is 32.2. The Bertz CT molecular complexity index is 1330. The normalized spacial score (nSPS) is 13.3. The van der Waals surface area contributed by atoms with Gasteiger partial charge in [0.05, 0.1) is 10.6 Å². The molecule has 0 radical (unpaired) electrons. The number of aryl methyl sites for hydroxylation is 2. The molecular formula is C25H25N3O4S. The van der Waals surface area contributed by atoms with Crippen molar-refractivity contribution in [2.45, 2.75) is 31.6 Å². The van der Waals surface area contributed by atoms with E-state index in [4.69, 9.17) is 0 Å². The predicted molar refractivity (Wildman–Crippen MR) is 129 cm³/mol. The molecule has 4 rings (SSSR count).